The number of hydrogen-bond acceptors (Lipinski definition) is 3. The van der Waals surface area contributed by atoms with Gasteiger partial charge in [0.25, 0.3) is 5.91 Å². The number of carboxylic acids is 1. The predicted molar refractivity (Wildman–Crippen MR) is 72.1 cm³/mol. The standard InChI is InChI=1S/C14H10F2N2O3/c15-8-2-3-11(17)9(6-8)13(19)18-12-4-1-7(14(20)21)5-10(12)16/h1-6H,17H2,(H,18,19)(H,20,21). The molecule has 0 unspecified atom stereocenters. The van der Waals surface area contributed by atoms with Gasteiger partial charge in [-0.25, -0.2) is 13.6 Å². The summed E-state index contributed by atoms with van der Waals surface area (Å²) in [6.45, 7) is 0. The first-order valence-corrected chi connectivity index (χ1v) is 5.77. The SMILES string of the molecule is Nc1ccc(F)cc1C(=O)Nc1ccc(C(=O)O)cc1F. The fourth-order valence-corrected chi connectivity index (χ4v) is 1.66. The van der Waals surface area contributed by atoms with Crippen molar-refractivity contribution < 1.29 is 23.5 Å². The topological polar surface area (TPSA) is 92.4 Å². The number of rotatable bonds is 3. The van der Waals surface area contributed by atoms with Crippen LogP contribution in [-0.4, -0.2) is 17.0 Å². The zero-order chi connectivity index (χ0) is 15.6. The van der Waals surface area contributed by atoms with Gasteiger partial charge in [0.2, 0.25) is 0 Å². The molecule has 0 bridgehead atoms. The van der Waals surface area contributed by atoms with Gasteiger partial charge in [0, 0.05) is 5.69 Å². The summed E-state index contributed by atoms with van der Waals surface area (Å²) in [5, 5.41) is 10.9. The van der Waals surface area contributed by atoms with Crippen LogP contribution in [0.25, 0.3) is 0 Å². The molecule has 2 rings (SSSR count). The van der Waals surface area contributed by atoms with Gasteiger partial charge in [0.15, 0.2) is 0 Å². The summed E-state index contributed by atoms with van der Waals surface area (Å²) in [7, 11) is 0. The van der Waals surface area contributed by atoms with Crippen LogP contribution < -0.4 is 11.1 Å². The predicted octanol–water partition coefficient (Wildman–Crippen LogP) is 2.50. The number of nitrogens with two attached hydrogens (primary N) is 1. The second-order valence-electron chi connectivity index (χ2n) is 4.19. The lowest BCUT2D eigenvalue weighted by atomic mass is 10.1. The van der Waals surface area contributed by atoms with Crippen LogP contribution in [0.15, 0.2) is 36.4 Å². The molecule has 0 atom stereocenters. The molecule has 0 heterocycles. The quantitative estimate of drug-likeness (QED) is 0.758. The highest BCUT2D eigenvalue weighted by atomic mass is 19.1. The maximum absolute atomic E-state index is 13.7. The molecule has 0 aliphatic heterocycles. The Morgan fingerprint density at radius 2 is 1.81 bits per heavy atom. The fourth-order valence-electron chi connectivity index (χ4n) is 1.66. The smallest absolute Gasteiger partial charge is 0.335 e. The number of carbonyl (C=O) groups is 2. The Kier molecular flexibility index (Phi) is 3.84. The van der Waals surface area contributed by atoms with Crippen LogP contribution in [0.4, 0.5) is 20.2 Å². The Morgan fingerprint density at radius 1 is 1.10 bits per heavy atom. The van der Waals surface area contributed by atoms with E-state index in [0.29, 0.717) is 0 Å². The number of aromatic carboxylic acids is 1. The molecule has 2 aromatic carbocycles. The minimum Gasteiger partial charge on any atom is -0.478 e. The van der Waals surface area contributed by atoms with Gasteiger partial charge in [0.1, 0.15) is 11.6 Å². The van der Waals surface area contributed by atoms with Crippen LogP contribution in [0, 0.1) is 11.6 Å². The van der Waals surface area contributed by atoms with Gasteiger partial charge in [-0.15, -0.1) is 0 Å². The number of halogens is 2. The molecule has 1 amide bonds. The van der Waals surface area contributed by atoms with Crippen LogP contribution in [0.3, 0.4) is 0 Å². The Hall–Kier alpha value is -2.96. The van der Waals surface area contributed by atoms with Gasteiger partial charge in [-0.2, -0.15) is 0 Å². The average Bonchev–Trinajstić information content (AvgIpc) is 2.43. The molecule has 0 aromatic heterocycles. The number of carbonyl (C=O) groups excluding carboxylic acids is 1. The average molecular weight is 292 g/mol. The van der Waals surface area contributed by atoms with Crippen LogP contribution in [0.5, 0.6) is 0 Å². The van der Waals surface area contributed by atoms with Crippen molar-refractivity contribution in [1.29, 1.82) is 0 Å². The lowest BCUT2D eigenvalue weighted by Gasteiger charge is -2.09. The third kappa shape index (κ3) is 3.14. The van der Waals surface area contributed by atoms with E-state index < -0.39 is 23.5 Å². The van der Waals surface area contributed by atoms with E-state index in [9.17, 15) is 18.4 Å². The molecule has 7 heteroatoms. The summed E-state index contributed by atoms with van der Waals surface area (Å²) in [5.74, 6) is -3.66. The summed E-state index contributed by atoms with van der Waals surface area (Å²) in [6.07, 6.45) is 0. The summed E-state index contributed by atoms with van der Waals surface area (Å²) in [6, 6.07) is 6.24. The third-order valence-corrected chi connectivity index (χ3v) is 2.72. The number of amides is 1. The number of hydrogen-bond donors (Lipinski definition) is 3. The van der Waals surface area contributed by atoms with Crippen molar-refractivity contribution in [2.24, 2.45) is 0 Å². The zero-order valence-corrected chi connectivity index (χ0v) is 10.6. The molecule has 0 aliphatic rings. The van der Waals surface area contributed by atoms with E-state index in [-0.39, 0.29) is 22.5 Å². The monoisotopic (exact) mass is 292 g/mol. The van der Waals surface area contributed by atoms with Gasteiger partial charge in [-0.05, 0) is 36.4 Å². The van der Waals surface area contributed by atoms with E-state index in [1.54, 1.807) is 0 Å². The van der Waals surface area contributed by atoms with Crippen LogP contribution in [0.2, 0.25) is 0 Å². The van der Waals surface area contributed by atoms with Crippen LogP contribution in [0.1, 0.15) is 20.7 Å². The van der Waals surface area contributed by atoms with E-state index in [1.165, 1.54) is 6.07 Å². The Balaban J connectivity index is 2.27. The molecular formula is C14H10F2N2O3. The van der Waals surface area contributed by atoms with E-state index in [1.807, 2.05) is 0 Å². The Bertz CT molecular complexity index is 732. The molecule has 0 spiro atoms. The lowest BCUT2D eigenvalue weighted by Crippen LogP contribution is -2.15. The number of nitrogen functional groups attached to an aromatic ring is 1. The second-order valence-corrected chi connectivity index (χ2v) is 4.19. The van der Waals surface area contributed by atoms with Gasteiger partial charge in [0.05, 0.1) is 16.8 Å². The van der Waals surface area contributed by atoms with Crippen molar-refractivity contribution in [2.75, 3.05) is 11.1 Å². The molecule has 0 fully saturated rings. The first kappa shape index (κ1) is 14.4. The minimum absolute atomic E-state index is 0.0384. The number of benzene rings is 2. The summed E-state index contributed by atoms with van der Waals surface area (Å²) in [5.41, 5.74) is 4.96. The Labute approximate surface area is 118 Å². The van der Waals surface area contributed by atoms with Crippen LogP contribution >= 0.6 is 0 Å². The Morgan fingerprint density at radius 3 is 2.43 bits per heavy atom. The summed E-state index contributed by atoms with van der Waals surface area (Å²) < 4.78 is 26.8. The first-order valence-electron chi connectivity index (χ1n) is 5.77. The van der Waals surface area contributed by atoms with Crippen LogP contribution in [-0.2, 0) is 0 Å². The van der Waals surface area contributed by atoms with E-state index in [2.05, 4.69) is 5.32 Å². The van der Waals surface area contributed by atoms with Gasteiger partial charge in [-0.1, -0.05) is 0 Å². The van der Waals surface area contributed by atoms with Crippen molar-refractivity contribution in [3.05, 3.63) is 59.2 Å². The molecule has 0 aliphatic carbocycles. The van der Waals surface area contributed by atoms with Crippen molar-refractivity contribution >= 4 is 23.3 Å². The zero-order valence-electron chi connectivity index (χ0n) is 10.6. The van der Waals surface area contributed by atoms with Gasteiger partial charge in [-0.3, -0.25) is 4.79 Å². The van der Waals surface area contributed by atoms with Gasteiger partial charge < -0.3 is 16.2 Å². The van der Waals surface area contributed by atoms with Crippen molar-refractivity contribution in [3.63, 3.8) is 0 Å². The molecular weight excluding hydrogens is 282 g/mol. The highest BCUT2D eigenvalue weighted by Crippen LogP contribution is 2.19. The summed E-state index contributed by atoms with van der Waals surface area (Å²) in [4.78, 5) is 22.6. The highest BCUT2D eigenvalue weighted by molar-refractivity contribution is 6.07. The number of carboxylic acid groups (broad SMARTS) is 1. The van der Waals surface area contributed by atoms with Crippen molar-refractivity contribution in [2.45, 2.75) is 0 Å². The van der Waals surface area contributed by atoms with Gasteiger partial charge >= 0.3 is 5.97 Å². The van der Waals surface area contributed by atoms with E-state index in [0.717, 1.165) is 30.3 Å². The number of nitrogens with one attached hydrogen (secondary N) is 1. The molecule has 0 radical (unpaired) electrons. The number of anilines is 2. The molecule has 2 aromatic rings. The molecule has 4 N–H and O–H groups in total. The molecule has 21 heavy (non-hydrogen) atoms. The minimum atomic E-state index is -1.29. The largest absolute Gasteiger partial charge is 0.478 e. The first-order chi connectivity index (χ1) is 9.88. The second kappa shape index (κ2) is 5.58. The third-order valence-electron chi connectivity index (χ3n) is 2.72. The van der Waals surface area contributed by atoms with Crippen molar-refractivity contribution in [1.82, 2.24) is 0 Å². The van der Waals surface area contributed by atoms with E-state index in [4.69, 9.17) is 10.8 Å². The molecule has 5 nitrogen and oxygen atoms in total. The lowest BCUT2D eigenvalue weighted by molar-refractivity contribution is 0.0696. The normalized spacial score (nSPS) is 10.2. The van der Waals surface area contributed by atoms with Crippen molar-refractivity contribution in [3.8, 4) is 0 Å². The molecule has 108 valence electrons. The fraction of sp³-hybridized carbons (Fsp3) is 0. The highest BCUT2D eigenvalue weighted by Gasteiger charge is 2.14. The van der Waals surface area contributed by atoms with E-state index >= 15 is 0 Å². The molecule has 0 saturated heterocycles. The maximum atomic E-state index is 13.7. The molecule has 0 saturated carbocycles. The maximum Gasteiger partial charge on any atom is 0.335 e. The summed E-state index contributed by atoms with van der Waals surface area (Å²) >= 11 is 0.